The van der Waals surface area contributed by atoms with E-state index in [0.29, 0.717) is 0 Å². The molecule has 0 radical (unpaired) electrons. The molecule has 4 nitrogen and oxygen atoms in total. The maximum atomic E-state index is 5.44. The first-order valence-corrected chi connectivity index (χ1v) is 21.5. The van der Waals surface area contributed by atoms with E-state index in [4.69, 9.17) is 9.97 Å². The normalized spacial score (nSPS) is 12.1. The quantitative estimate of drug-likeness (QED) is 0.157. The molecule has 8 bridgehead atoms. The van der Waals surface area contributed by atoms with Gasteiger partial charge < -0.3 is 9.97 Å². The summed E-state index contributed by atoms with van der Waals surface area (Å²) in [6.07, 6.45) is 8.60. The molecule has 55 heavy (non-hydrogen) atoms. The fourth-order valence-corrected chi connectivity index (χ4v) is 8.54. The summed E-state index contributed by atoms with van der Waals surface area (Å²) in [7, 11) is 0. The second-order valence-electron chi connectivity index (χ2n) is 13.9. The van der Waals surface area contributed by atoms with E-state index < -0.39 is 0 Å². The molecule has 0 saturated carbocycles. The Labute approximate surface area is 345 Å². The molecule has 2 aliphatic heterocycles. The lowest BCUT2D eigenvalue weighted by molar-refractivity contribution is 1.31. The smallest absolute Gasteiger partial charge is 0.0737 e. The van der Waals surface area contributed by atoms with Crippen molar-refractivity contribution in [2.24, 2.45) is 0 Å². The lowest BCUT2D eigenvalue weighted by Crippen LogP contribution is -1.90. The summed E-state index contributed by atoms with van der Waals surface area (Å²) >= 11 is 10.9. The third kappa shape index (κ3) is 6.90. The molecule has 7 heteroatoms. The van der Waals surface area contributed by atoms with E-state index in [1.807, 2.05) is 0 Å². The minimum absolute atomic E-state index is 0.794. The van der Waals surface area contributed by atoms with E-state index in [-0.39, 0.29) is 0 Å². The second-order valence-corrected chi connectivity index (χ2v) is 15.5. The van der Waals surface area contributed by atoms with Crippen LogP contribution in [-0.4, -0.2) is 19.9 Å². The minimum atomic E-state index is 0.794. The monoisotopic (exact) mass is 904 g/mol. The van der Waals surface area contributed by atoms with Gasteiger partial charge in [-0.1, -0.05) is 150 Å². The highest BCUT2D eigenvalue weighted by molar-refractivity contribution is 9.09. The second kappa shape index (κ2) is 15.2. The number of aromatic amines is 2. The Kier molecular flexibility index (Phi) is 9.85. The Bertz CT molecular complexity index is 2750. The number of aromatic nitrogens is 4. The Morgan fingerprint density at radius 1 is 0.364 bits per heavy atom. The highest BCUT2D eigenvalue weighted by Gasteiger charge is 2.19. The van der Waals surface area contributed by atoms with E-state index in [9.17, 15) is 0 Å². The number of fused-ring (bicyclic) bond motifs is 8. The van der Waals surface area contributed by atoms with Gasteiger partial charge in [0, 0.05) is 60.3 Å². The van der Waals surface area contributed by atoms with Crippen molar-refractivity contribution in [1.29, 1.82) is 0 Å². The molecule has 5 heterocycles. The molecule has 0 atom stereocenters. The van der Waals surface area contributed by atoms with Gasteiger partial charge in [0.25, 0.3) is 0 Å². The molecule has 2 aliphatic rings. The van der Waals surface area contributed by atoms with E-state index in [1.54, 1.807) is 0 Å². The number of H-pyrrole nitrogens is 2. The van der Waals surface area contributed by atoms with Crippen molar-refractivity contribution in [2.75, 3.05) is 0 Å². The maximum absolute atomic E-state index is 5.44. The summed E-state index contributed by atoms with van der Waals surface area (Å²) in [5, 5.41) is 2.38. The number of rotatable bonds is 7. The van der Waals surface area contributed by atoms with Gasteiger partial charge in [-0.15, -0.1) is 0 Å². The van der Waals surface area contributed by atoms with Gasteiger partial charge in [0.2, 0.25) is 0 Å². The van der Waals surface area contributed by atoms with E-state index in [2.05, 4.69) is 210 Å². The average Bonchev–Trinajstić information content (AvgIpc) is 4.07. The van der Waals surface area contributed by atoms with Crippen LogP contribution in [0.25, 0.3) is 90.9 Å². The van der Waals surface area contributed by atoms with Crippen molar-refractivity contribution in [3.05, 3.63) is 166 Å². The topological polar surface area (TPSA) is 57.4 Å². The standard InChI is InChI=1S/C48H35Br3N4/c1-29-2-10-33(11-3-29)45-37-18-20-39(52-37)46(34-12-4-30(26-49)5-13-34)41-22-24-43(54-41)48(36-16-8-32(28-51)9-17-36)44-25-23-42(55-44)47(40-21-19-38(45)53-40)35-14-6-31(27-50)7-15-35/h2-25,52,55H,26-28H2,1H3. The predicted octanol–water partition coefficient (Wildman–Crippen LogP) is 14.3. The third-order valence-electron chi connectivity index (χ3n) is 10.3. The fraction of sp³-hybridized carbons (Fsp3) is 0.0833. The first kappa shape index (κ1) is 35.6. The van der Waals surface area contributed by atoms with Gasteiger partial charge in [-0.3, -0.25) is 0 Å². The highest BCUT2D eigenvalue weighted by Crippen LogP contribution is 2.39. The lowest BCUT2D eigenvalue weighted by atomic mass is 10.0. The predicted molar refractivity (Wildman–Crippen MR) is 243 cm³/mol. The SMILES string of the molecule is Cc1ccc(-c2c3nc(c(-c4ccc(CBr)cc4)c4ccc([nH]4)c(-c4ccc(CBr)cc4)c4nc(c(-c5ccc(CBr)cc5)c5ccc2[nH]5)C=C4)C=C3)cc1. The molecule has 0 saturated heterocycles. The van der Waals surface area contributed by atoms with Gasteiger partial charge in [-0.2, -0.15) is 0 Å². The molecule has 0 aliphatic carbocycles. The molecule has 268 valence electrons. The molecular weight excluding hydrogens is 872 g/mol. The van der Waals surface area contributed by atoms with Gasteiger partial charge in [0.1, 0.15) is 0 Å². The molecule has 3 aromatic heterocycles. The zero-order valence-electron chi connectivity index (χ0n) is 30.0. The summed E-state index contributed by atoms with van der Waals surface area (Å²) in [6.45, 7) is 2.12. The van der Waals surface area contributed by atoms with Crippen molar-refractivity contribution >= 4 is 94.2 Å². The van der Waals surface area contributed by atoms with Crippen LogP contribution in [0.3, 0.4) is 0 Å². The van der Waals surface area contributed by atoms with Gasteiger partial charge >= 0.3 is 0 Å². The Morgan fingerprint density at radius 2 is 0.618 bits per heavy atom. The van der Waals surface area contributed by atoms with Crippen LogP contribution < -0.4 is 0 Å². The largest absolute Gasteiger partial charge is 0.354 e. The Morgan fingerprint density at radius 3 is 0.873 bits per heavy atom. The fourth-order valence-electron chi connectivity index (χ4n) is 7.42. The van der Waals surface area contributed by atoms with Gasteiger partial charge in [-0.05, 0) is 94.4 Å². The molecule has 2 N–H and O–H groups in total. The Hall–Kier alpha value is -5.08. The van der Waals surface area contributed by atoms with E-state index in [1.165, 1.54) is 22.3 Å². The van der Waals surface area contributed by atoms with Crippen LogP contribution in [0, 0.1) is 6.92 Å². The number of nitrogens with zero attached hydrogens (tertiary/aromatic N) is 2. The molecule has 0 fully saturated rings. The molecule has 0 spiro atoms. The summed E-state index contributed by atoms with van der Waals surface area (Å²) < 4.78 is 0. The number of hydrogen-bond donors (Lipinski definition) is 2. The number of halogens is 3. The van der Waals surface area contributed by atoms with Crippen molar-refractivity contribution in [3.8, 4) is 44.5 Å². The van der Waals surface area contributed by atoms with Crippen LogP contribution in [0.15, 0.2) is 121 Å². The van der Waals surface area contributed by atoms with Crippen LogP contribution in [0.5, 0.6) is 0 Å². The molecule has 0 amide bonds. The first-order chi connectivity index (χ1) is 27.0. The van der Waals surface area contributed by atoms with Crippen LogP contribution in [-0.2, 0) is 16.0 Å². The van der Waals surface area contributed by atoms with Crippen molar-refractivity contribution < 1.29 is 0 Å². The summed E-state index contributed by atoms with van der Waals surface area (Å²) in [4.78, 5) is 18.6. The molecule has 7 aromatic rings. The molecule has 0 unspecified atom stereocenters. The van der Waals surface area contributed by atoms with Gasteiger partial charge in [0.15, 0.2) is 0 Å². The number of benzene rings is 4. The minimum Gasteiger partial charge on any atom is -0.354 e. The van der Waals surface area contributed by atoms with Crippen molar-refractivity contribution in [1.82, 2.24) is 19.9 Å². The average molecular weight is 908 g/mol. The van der Waals surface area contributed by atoms with Crippen LogP contribution in [0.2, 0.25) is 0 Å². The third-order valence-corrected chi connectivity index (χ3v) is 12.2. The first-order valence-electron chi connectivity index (χ1n) is 18.2. The number of nitrogens with one attached hydrogen (secondary N) is 2. The van der Waals surface area contributed by atoms with E-state index >= 15 is 0 Å². The van der Waals surface area contributed by atoms with Gasteiger partial charge in [0.05, 0.1) is 22.8 Å². The zero-order valence-corrected chi connectivity index (χ0v) is 34.8. The number of aryl methyl sites for hydroxylation is 1. The number of hydrogen-bond acceptors (Lipinski definition) is 2. The highest BCUT2D eigenvalue weighted by atomic mass is 79.9. The number of alkyl halides is 3. The lowest BCUT2D eigenvalue weighted by Gasteiger charge is -2.08. The summed E-state index contributed by atoms with van der Waals surface area (Å²) in [5.41, 5.74) is 20.9. The van der Waals surface area contributed by atoms with E-state index in [0.717, 1.165) is 105 Å². The molecule has 4 aromatic carbocycles. The maximum Gasteiger partial charge on any atom is 0.0737 e. The Balaban J connectivity index is 1.44. The molecular formula is C48H35Br3N4. The van der Waals surface area contributed by atoms with Crippen LogP contribution >= 0.6 is 47.8 Å². The van der Waals surface area contributed by atoms with Crippen LogP contribution in [0.4, 0.5) is 0 Å². The van der Waals surface area contributed by atoms with Gasteiger partial charge in [-0.25, -0.2) is 9.97 Å². The van der Waals surface area contributed by atoms with Crippen LogP contribution in [0.1, 0.15) is 45.0 Å². The van der Waals surface area contributed by atoms with Crippen molar-refractivity contribution in [2.45, 2.75) is 22.9 Å². The van der Waals surface area contributed by atoms with Crippen molar-refractivity contribution in [3.63, 3.8) is 0 Å². The summed E-state index contributed by atoms with van der Waals surface area (Å²) in [5.74, 6) is 0. The zero-order chi connectivity index (χ0) is 37.5. The molecule has 9 rings (SSSR count). The summed E-state index contributed by atoms with van der Waals surface area (Å²) in [6, 6.07) is 43.6.